The van der Waals surface area contributed by atoms with Gasteiger partial charge >= 0.3 is 5.97 Å². The summed E-state index contributed by atoms with van der Waals surface area (Å²) in [6, 6.07) is 0. The Hall–Kier alpha value is -0.830. The van der Waals surface area contributed by atoms with Crippen LogP contribution in [-0.4, -0.2) is 23.8 Å². The van der Waals surface area contributed by atoms with Crippen LogP contribution in [0.15, 0.2) is 11.1 Å². The lowest BCUT2D eigenvalue weighted by atomic mass is 10.0. The number of ether oxygens (including phenoxy) is 1. The van der Waals surface area contributed by atoms with Crippen molar-refractivity contribution in [2.24, 2.45) is 0 Å². The number of carboxylic acids is 1. The second-order valence-electron chi connectivity index (χ2n) is 3.20. The summed E-state index contributed by atoms with van der Waals surface area (Å²) in [4.78, 5) is 10.5. The quantitative estimate of drug-likeness (QED) is 0.654. The first-order valence-electron chi connectivity index (χ1n) is 4.12. The van der Waals surface area contributed by atoms with Gasteiger partial charge in [0.15, 0.2) is 0 Å². The molecule has 1 unspecified atom stereocenters. The van der Waals surface area contributed by atoms with E-state index in [1.54, 1.807) is 6.92 Å². The monoisotopic (exact) mass is 170 g/mol. The number of hydrogen-bond acceptors (Lipinski definition) is 2. The van der Waals surface area contributed by atoms with Crippen LogP contribution in [0.1, 0.15) is 26.7 Å². The highest BCUT2D eigenvalue weighted by Gasteiger charge is 2.19. The van der Waals surface area contributed by atoms with Crippen molar-refractivity contribution in [3.63, 3.8) is 0 Å². The van der Waals surface area contributed by atoms with Crippen molar-refractivity contribution in [3.8, 4) is 0 Å². The minimum Gasteiger partial charge on any atom is -0.478 e. The Morgan fingerprint density at radius 3 is 2.50 bits per heavy atom. The molecule has 1 aliphatic heterocycles. The molecule has 3 heteroatoms. The van der Waals surface area contributed by atoms with Gasteiger partial charge in [-0.2, -0.15) is 0 Å². The maximum atomic E-state index is 10.5. The summed E-state index contributed by atoms with van der Waals surface area (Å²) in [7, 11) is 0. The zero-order valence-corrected chi connectivity index (χ0v) is 7.46. The van der Waals surface area contributed by atoms with Crippen LogP contribution in [0, 0.1) is 0 Å². The van der Waals surface area contributed by atoms with Crippen molar-refractivity contribution in [2.45, 2.75) is 32.8 Å². The Morgan fingerprint density at radius 1 is 1.58 bits per heavy atom. The minimum atomic E-state index is -0.827. The standard InChI is InChI=1S/C9H14O3/c1-6(7(2)9(10)11)5-8-3-4-12-8/h8H,3-5H2,1-2H3,(H,10,11). The number of carboxylic acid groups (broad SMARTS) is 1. The second kappa shape index (κ2) is 3.72. The molecule has 0 spiro atoms. The topological polar surface area (TPSA) is 46.5 Å². The number of carbonyl (C=O) groups is 1. The van der Waals surface area contributed by atoms with Crippen LogP contribution < -0.4 is 0 Å². The molecule has 12 heavy (non-hydrogen) atoms. The van der Waals surface area contributed by atoms with E-state index in [0.29, 0.717) is 5.57 Å². The van der Waals surface area contributed by atoms with E-state index in [-0.39, 0.29) is 6.10 Å². The van der Waals surface area contributed by atoms with Crippen molar-refractivity contribution < 1.29 is 14.6 Å². The highest BCUT2D eigenvalue weighted by Crippen LogP contribution is 2.21. The van der Waals surface area contributed by atoms with E-state index < -0.39 is 5.97 Å². The van der Waals surface area contributed by atoms with Gasteiger partial charge in [0, 0.05) is 12.2 Å². The number of aliphatic carboxylic acids is 1. The van der Waals surface area contributed by atoms with Gasteiger partial charge in [-0.15, -0.1) is 0 Å². The van der Waals surface area contributed by atoms with Crippen LogP contribution in [0.4, 0.5) is 0 Å². The fourth-order valence-corrected chi connectivity index (χ4v) is 1.12. The third-order valence-corrected chi connectivity index (χ3v) is 2.29. The fourth-order valence-electron chi connectivity index (χ4n) is 1.12. The maximum absolute atomic E-state index is 10.5. The second-order valence-corrected chi connectivity index (χ2v) is 3.20. The zero-order chi connectivity index (χ0) is 9.14. The van der Waals surface area contributed by atoms with Crippen molar-refractivity contribution in [2.75, 3.05) is 6.61 Å². The van der Waals surface area contributed by atoms with Gasteiger partial charge < -0.3 is 9.84 Å². The van der Waals surface area contributed by atoms with Gasteiger partial charge in [-0.1, -0.05) is 5.57 Å². The molecule has 0 amide bonds. The predicted octanol–water partition coefficient (Wildman–Crippen LogP) is 1.59. The summed E-state index contributed by atoms with van der Waals surface area (Å²) >= 11 is 0. The van der Waals surface area contributed by atoms with Crippen molar-refractivity contribution in [1.82, 2.24) is 0 Å². The largest absolute Gasteiger partial charge is 0.478 e. The van der Waals surface area contributed by atoms with Gasteiger partial charge in [0.25, 0.3) is 0 Å². The molecule has 0 saturated carbocycles. The molecule has 0 aliphatic carbocycles. The van der Waals surface area contributed by atoms with Crippen LogP contribution in [0.25, 0.3) is 0 Å². The molecule has 1 N–H and O–H groups in total. The van der Waals surface area contributed by atoms with Crippen molar-refractivity contribution in [3.05, 3.63) is 11.1 Å². The summed E-state index contributed by atoms with van der Waals surface area (Å²) in [5, 5.41) is 8.66. The first-order chi connectivity index (χ1) is 5.61. The van der Waals surface area contributed by atoms with E-state index >= 15 is 0 Å². The molecule has 0 aromatic rings. The van der Waals surface area contributed by atoms with E-state index in [1.165, 1.54) is 0 Å². The van der Waals surface area contributed by atoms with Crippen molar-refractivity contribution >= 4 is 5.97 Å². The van der Waals surface area contributed by atoms with E-state index in [0.717, 1.165) is 25.0 Å². The van der Waals surface area contributed by atoms with Crippen molar-refractivity contribution in [1.29, 1.82) is 0 Å². The minimum absolute atomic E-state index is 0.263. The van der Waals surface area contributed by atoms with Crippen LogP contribution >= 0.6 is 0 Å². The van der Waals surface area contributed by atoms with E-state index in [9.17, 15) is 4.79 Å². The van der Waals surface area contributed by atoms with Crippen LogP contribution in [-0.2, 0) is 9.53 Å². The molecule has 1 rings (SSSR count). The summed E-state index contributed by atoms with van der Waals surface area (Å²) in [6.07, 6.45) is 2.09. The molecule has 1 heterocycles. The highest BCUT2D eigenvalue weighted by atomic mass is 16.5. The van der Waals surface area contributed by atoms with Gasteiger partial charge in [0.05, 0.1) is 6.10 Å². The number of rotatable bonds is 3. The lowest BCUT2D eigenvalue weighted by molar-refractivity contribution is -0.132. The molecule has 0 bridgehead atoms. The summed E-state index contributed by atoms with van der Waals surface area (Å²) in [6.45, 7) is 4.31. The third kappa shape index (κ3) is 2.08. The van der Waals surface area contributed by atoms with E-state index in [2.05, 4.69) is 0 Å². The molecular weight excluding hydrogens is 156 g/mol. The molecule has 0 radical (unpaired) electrons. The highest BCUT2D eigenvalue weighted by molar-refractivity contribution is 5.86. The maximum Gasteiger partial charge on any atom is 0.331 e. The molecule has 1 fully saturated rings. The van der Waals surface area contributed by atoms with E-state index in [4.69, 9.17) is 9.84 Å². The molecular formula is C9H14O3. The first kappa shape index (κ1) is 9.26. The van der Waals surface area contributed by atoms with E-state index in [1.807, 2.05) is 6.92 Å². The van der Waals surface area contributed by atoms with Crippen LogP contribution in [0.3, 0.4) is 0 Å². The normalized spacial score (nSPS) is 24.3. The first-order valence-corrected chi connectivity index (χ1v) is 4.12. The molecule has 1 aliphatic rings. The Labute approximate surface area is 72.0 Å². The lowest BCUT2D eigenvalue weighted by Gasteiger charge is -2.26. The third-order valence-electron chi connectivity index (χ3n) is 2.29. The van der Waals surface area contributed by atoms with Gasteiger partial charge in [0.2, 0.25) is 0 Å². The molecule has 1 saturated heterocycles. The number of hydrogen-bond donors (Lipinski definition) is 1. The molecule has 0 aromatic heterocycles. The Kier molecular flexibility index (Phi) is 2.87. The Morgan fingerprint density at radius 2 is 2.17 bits per heavy atom. The van der Waals surface area contributed by atoms with Gasteiger partial charge in [-0.25, -0.2) is 4.79 Å². The Balaban J connectivity index is 2.48. The lowest BCUT2D eigenvalue weighted by Crippen LogP contribution is -2.27. The smallest absolute Gasteiger partial charge is 0.331 e. The molecule has 3 nitrogen and oxygen atoms in total. The average molecular weight is 170 g/mol. The summed E-state index contributed by atoms with van der Waals surface area (Å²) < 4.78 is 5.20. The molecule has 0 aromatic carbocycles. The zero-order valence-electron chi connectivity index (χ0n) is 7.46. The summed E-state index contributed by atoms with van der Waals surface area (Å²) in [5.74, 6) is -0.827. The SMILES string of the molecule is CC(CC1CCO1)=C(C)C(=O)O. The summed E-state index contributed by atoms with van der Waals surface area (Å²) in [5.41, 5.74) is 1.37. The van der Waals surface area contributed by atoms with Gasteiger partial charge in [0.1, 0.15) is 0 Å². The molecule has 1 atom stereocenters. The Bertz CT molecular complexity index is 214. The predicted molar refractivity (Wildman–Crippen MR) is 45.0 cm³/mol. The fraction of sp³-hybridized carbons (Fsp3) is 0.667. The average Bonchev–Trinajstić information content (AvgIpc) is 1.94. The van der Waals surface area contributed by atoms with Crippen LogP contribution in [0.2, 0.25) is 0 Å². The molecule has 68 valence electrons. The van der Waals surface area contributed by atoms with Gasteiger partial charge in [-0.05, 0) is 26.7 Å². The van der Waals surface area contributed by atoms with Crippen LogP contribution in [0.5, 0.6) is 0 Å². The van der Waals surface area contributed by atoms with Gasteiger partial charge in [-0.3, -0.25) is 0 Å².